The minimum atomic E-state index is -0.549. The predicted molar refractivity (Wildman–Crippen MR) is 124 cm³/mol. The summed E-state index contributed by atoms with van der Waals surface area (Å²) in [5, 5.41) is 24.9. The molecule has 2 nitrogen and oxygen atoms in total. The van der Waals surface area contributed by atoms with Crippen LogP contribution in [0.4, 0.5) is 0 Å². The van der Waals surface area contributed by atoms with Crippen LogP contribution in [0.25, 0.3) is 21.5 Å². The molecule has 0 amide bonds. The number of aromatic hydroxyl groups is 2. The summed E-state index contributed by atoms with van der Waals surface area (Å²) >= 11 is 3.73. The van der Waals surface area contributed by atoms with E-state index in [1.807, 2.05) is 24.3 Å². The number of phenols is 2. The Kier molecular flexibility index (Phi) is 3.57. The summed E-state index contributed by atoms with van der Waals surface area (Å²) in [6, 6.07) is 30.2. The van der Waals surface area contributed by atoms with Crippen LogP contribution in [0.2, 0.25) is 0 Å². The van der Waals surface area contributed by atoms with Crippen LogP contribution >= 0.6 is 15.9 Å². The third kappa shape index (κ3) is 2.18. The van der Waals surface area contributed by atoms with E-state index < -0.39 is 5.41 Å². The van der Waals surface area contributed by atoms with Crippen molar-refractivity contribution in [2.24, 2.45) is 0 Å². The molecular formula is C27H17BrO2. The first-order valence-electron chi connectivity index (χ1n) is 9.84. The molecule has 0 aromatic heterocycles. The molecule has 0 heterocycles. The van der Waals surface area contributed by atoms with Gasteiger partial charge in [0.15, 0.2) is 0 Å². The van der Waals surface area contributed by atoms with Gasteiger partial charge >= 0.3 is 0 Å². The normalized spacial score (nSPS) is 14.0. The summed E-state index contributed by atoms with van der Waals surface area (Å²) in [7, 11) is 0. The Morgan fingerprint density at radius 3 is 1.77 bits per heavy atom. The van der Waals surface area contributed by atoms with Gasteiger partial charge in [-0.3, -0.25) is 0 Å². The predicted octanol–water partition coefficient (Wildman–Crippen LogP) is 6.86. The molecule has 5 aromatic rings. The zero-order chi connectivity index (χ0) is 20.5. The van der Waals surface area contributed by atoms with Gasteiger partial charge in [0, 0.05) is 4.47 Å². The molecule has 0 radical (unpaired) electrons. The van der Waals surface area contributed by atoms with Crippen LogP contribution < -0.4 is 0 Å². The fraction of sp³-hybridized carbons (Fsp3) is 0.0370. The average Bonchev–Trinajstić information content (AvgIpc) is 3.05. The number of rotatable bonds is 2. The smallest absolute Gasteiger partial charge is 0.115 e. The van der Waals surface area contributed by atoms with Gasteiger partial charge in [-0.25, -0.2) is 0 Å². The van der Waals surface area contributed by atoms with E-state index >= 15 is 0 Å². The molecule has 1 aliphatic rings. The Hall–Kier alpha value is -3.30. The maximum absolute atomic E-state index is 9.97. The number of halogens is 1. The first kappa shape index (κ1) is 17.5. The molecule has 144 valence electrons. The lowest BCUT2D eigenvalue weighted by molar-refractivity contribution is 0.475. The average molecular weight is 453 g/mol. The fourth-order valence-electron chi connectivity index (χ4n) is 5.17. The second-order valence-corrected chi connectivity index (χ2v) is 8.78. The molecule has 0 saturated carbocycles. The lowest BCUT2D eigenvalue weighted by atomic mass is 9.67. The number of benzene rings is 5. The van der Waals surface area contributed by atoms with Crippen LogP contribution in [-0.4, -0.2) is 10.2 Å². The van der Waals surface area contributed by atoms with Crippen LogP contribution in [0.1, 0.15) is 22.3 Å². The topological polar surface area (TPSA) is 40.5 Å². The van der Waals surface area contributed by atoms with Crippen molar-refractivity contribution in [3.8, 4) is 11.5 Å². The van der Waals surface area contributed by atoms with Crippen molar-refractivity contribution in [1.29, 1.82) is 0 Å². The van der Waals surface area contributed by atoms with Crippen LogP contribution in [-0.2, 0) is 5.41 Å². The maximum atomic E-state index is 9.97. The van der Waals surface area contributed by atoms with Gasteiger partial charge in [0.25, 0.3) is 0 Å². The van der Waals surface area contributed by atoms with E-state index in [1.165, 1.54) is 32.7 Å². The molecular weight excluding hydrogens is 436 g/mol. The SMILES string of the molecule is Oc1ccc(C2(c3ccc(O)cc3)c3cccc4ccc5cc(Br)cc2c5c34)cc1. The Labute approximate surface area is 182 Å². The first-order valence-corrected chi connectivity index (χ1v) is 10.6. The second-order valence-electron chi connectivity index (χ2n) is 7.86. The van der Waals surface area contributed by atoms with Crippen molar-refractivity contribution in [3.63, 3.8) is 0 Å². The summed E-state index contributed by atoms with van der Waals surface area (Å²) in [4.78, 5) is 0. The van der Waals surface area contributed by atoms with Gasteiger partial charge in [-0.15, -0.1) is 0 Å². The molecule has 30 heavy (non-hydrogen) atoms. The van der Waals surface area contributed by atoms with Crippen LogP contribution in [0, 0.1) is 0 Å². The van der Waals surface area contributed by atoms with Gasteiger partial charge in [-0.05, 0) is 80.2 Å². The third-order valence-electron chi connectivity index (χ3n) is 6.33. The van der Waals surface area contributed by atoms with Crippen LogP contribution in [0.3, 0.4) is 0 Å². The van der Waals surface area contributed by atoms with Crippen molar-refractivity contribution < 1.29 is 10.2 Å². The molecule has 3 heteroatoms. The monoisotopic (exact) mass is 452 g/mol. The Balaban J connectivity index is 1.86. The lowest BCUT2D eigenvalue weighted by Crippen LogP contribution is -2.28. The van der Waals surface area contributed by atoms with E-state index in [-0.39, 0.29) is 11.5 Å². The van der Waals surface area contributed by atoms with Crippen molar-refractivity contribution in [1.82, 2.24) is 0 Å². The molecule has 0 aliphatic heterocycles. The molecule has 0 spiro atoms. The van der Waals surface area contributed by atoms with Crippen LogP contribution in [0.5, 0.6) is 11.5 Å². The second kappa shape index (κ2) is 6.10. The van der Waals surface area contributed by atoms with Gasteiger partial charge in [0.2, 0.25) is 0 Å². The van der Waals surface area contributed by atoms with Gasteiger partial charge < -0.3 is 10.2 Å². The molecule has 5 aromatic carbocycles. The Bertz CT molecular complexity index is 1410. The van der Waals surface area contributed by atoms with E-state index in [0.29, 0.717) is 0 Å². The van der Waals surface area contributed by atoms with Gasteiger partial charge in [0.05, 0.1) is 5.41 Å². The van der Waals surface area contributed by atoms with Gasteiger partial charge in [-0.1, -0.05) is 70.5 Å². The summed E-state index contributed by atoms with van der Waals surface area (Å²) in [5.74, 6) is 0.487. The number of hydrogen-bond acceptors (Lipinski definition) is 2. The molecule has 0 unspecified atom stereocenters. The first-order chi connectivity index (χ1) is 14.6. The fourth-order valence-corrected chi connectivity index (χ4v) is 5.65. The summed E-state index contributed by atoms with van der Waals surface area (Å²) in [5.41, 5.74) is 4.03. The quantitative estimate of drug-likeness (QED) is 0.281. The van der Waals surface area contributed by atoms with Crippen molar-refractivity contribution >= 4 is 37.5 Å². The highest BCUT2D eigenvalue weighted by Gasteiger charge is 2.45. The van der Waals surface area contributed by atoms with Gasteiger partial charge in [-0.2, -0.15) is 0 Å². The molecule has 6 rings (SSSR count). The molecule has 1 aliphatic carbocycles. The highest BCUT2D eigenvalue weighted by molar-refractivity contribution is 9.10. The summed E-state index contributed by atoms with van der Waals surface area (Å²) in [6.07, 6.45) is 0. The molecule has 2 N–H and O–H groups in total. The van der Waals surface area contributed by atoms with E-state index in [4.69, 9.17) is 0 Å². The molecule has 0 bridgehead atoms. The van der Waals surface area contributed by atoms with Gasteiger partial charge in [0.1, 0.15) is 11.5 Å². The number of hydrogen-bond donors (Lipinski definition) is 2. The maximum Gasteiger partial charge on any atom is 0.115 e. The third-order valence-corrected chi connectivity index (χ3v) is 6.79. The zero-order valence-corrected chi connectivity index (χ0v) is 17.5. The van der Waals surface area contributed by atoms with E-state index in [1.54, 1.807) is 24.3 Å². The van der Waals surface area contributed by atoms with E-state index in [2.05, 4.69) is 58.4 Å². The van der Waals surface area contributed by atoms with Crippen molar-refractivity contribution in [2.75, 3.05) is 0 Å². The number of phenolic OH excluding ortho intramolecular Hbond substituents is 2. The van der Waals surface area contributed by atoms with E-state index in [0.717, 1.165) is 15.6 Å². The highest BCUT2D eigenvalue weighted by atomic mass is 79.9. The minimum absolute atomic E-state index is 0.243. The lowest BCUT2D eigenvalue weighted by Gasteiger charge is -2.34. The Morgan fingerprint density at radius 2 is 1.13 bits per heavy atom. The Morgan fingerprint density at radius 1 is 0.567 bits per heavy atom. The zero-order valence-electron chi connectivity index (χ0n) is 15.9. The highest BCUT2D eigenvalue weighted by Crippen LogP contribution is 2.56. The molecule has 0 atom stereocenters. The summed E-state index contributed by atoms with van der Waals surface area (Å²) < 4.78 is 1.03. The minimum Gasteiger partial charge on any atom is -0.508 e. The summed E-state index contributed by atoms with van der Waals surface area (Å²) in [6.45, 7) is 0. The van der Waals surface area contributed by atoms with E-state index in [9.17, 15) is 10.2 Å². The largest absolute Gasteiger partial charge is 0.508 e. The van der Waals surface area contributed by atoms with Crippen LogP contribution in [0.15, 0.2) is 95.5 Å². The molecule has 0 fully saturated rings. The molecule has 0 saturated heterocycles. The van der Waals surface area contributed by atoms with Crippen molar-refractivity contribution in [3.05, 3.63) is 118 Å². The van der Waals surface area contributed by atoms with Crippen molar-refractivity contribution in [2.45, 2.75) is 5.41 Å². The standard InChI is InChI=1S/C27H17BrO2/c28-20-14-17-5-4-16-2-1-3-23-25(16)26(17)24(15-20)27(23,18-6-10-21(29)11-7-18)19-8-12-22(30)13-9-19/h1-15,29-30H.